The van der Waals surface area contributed by atoms with Gasteiger partial charge in [-0.2, -0.15) is 0 Å². The Hall–Kier alpha value is -1.70. The summed E-state index contributed by atoms with van der Waals surface area (Å²) in [4.78, 5) is 0. The Balaban J connectivity index is 2.08. The molecule has 0 saturated carbocycles. The summed E-state index contributed by atoms with van der Waals surface area (Å²) < 4.78 is 11.8. The summed E-state index contributed by atoms with van der Waals surface area (Å²) in [5.41, 5.74) is 1.18. The van der Waals surface area contributed by atoms with Gasteiger partial charge in [0.1, 0.15) is 11.5 Å². The van der Waals surface area contributed by atoms with Gasteiger partial charge in [-0.25, -0.2) is 0 Å². The molecule has 23 heavy (non-hydrogen) atoms. The monoisotopic (exact) mass is 314 g/mol. The third-order valence-electron chi connectivity index (χ3n) is 4.02. The van der Waals surface area contributed by atoms with Gasteiger partial charge in [0.05, 0.1) is 13.2 Å². The van der Waals surface area contributed by atoms with Gasteiger partial charge in [-0.1, -0.05) is 33.8 Å². The van der Waals surface area contributed by atoms with Gasteiger partial charge in [0.15, 0.2) is 0 Å². The Morgan fingerprint density at radius 1 is 0.783 bits per heavy atom. The molecule has 0 atom stereocenters. The summed E-state index contributed by atoms with van der Waals surface area (Å²) in [5, 5.41) is 2.41. The van der Waals surface area contributed by atoms with E-state index in [1.807, 2.05) is 0 Å². The molecule has 2 heteroatoms. The zero-order chi connectivity index (χ0) is 16.8. The molecule has 0 aromatic heterocycles. The average molecular weight is 314 g/mol. The second-order valence-corrected chi connectivity index (χ2v) is 7.19. The molecule has 0 amide bonds. The summed E-state index contributed by atoms with van der Waals surface area (Å²) in [5.74, 6) is 3.28. The van der Waals surface area contributed by atoms with E-state index in [0.717, 1.165) is 37.6 Å². The molecule has 0 radical (unpaired) electrons. The molecule has 0 aliphatic carbocycles. The molecule has 2 nitrogen and oxygen atoms in total. The van der Waals surface area contributed by atoms with Crippen molar-refractivity contribution < 1.29 is 9.47 Å². The normalized spacial score (nSPS) is 11.4. The minimum atomic E-state index is 0.668. The molecule has 2 aromatic rings. The van der Waals surface area contributed by atoms with E-state index >= 15 is 0 Å². The van der Waals surface area contributed by atoms with E-state index in [2.05, 4.69) is 65.0 Å². The van der Waals surface area contributed by atoms with Crippen LogP contribution in [-0.4, -0.2) is 13.2 Å². The smallest absolute Gasteiger partial charge is 0.122 e. The van der Waals surface area contributed by atoms with E-state index in [1.54, 1.807) is 0 Å². The van der Waals surface area contributed by atoms with E-state index in [9.17, 15) is 0 Å². The number of hydrogen-bond acceptors (Lipinski definition) is 2. The highest BCUT2D eigenvalue weighted by Crippen LogP contribution is 2.28. The fourth-order valence-corrected chi connectivity index (χ4v) is 2.43. The molecule has 0 aliphatic rings. The van der Waals surface area contributed by atoms with Gasteiger partial charge in [0.2, 0.25) is 0 Å². The molecule has 0 fully saturated rings. The molecule has 2 rings (SSSR count). The Morgan fingerprint density at radius 2 is 1.43 bits per heavy atom. The van der Waals surface area contributed by atoms with Gasteiger partial charge in [0.25, 0.3) is 0 Å². The van der Waals surface area contributed by atoms with Crippen molar-refractivity contribution in [3.63, 3.8) is 0 Å². The van der Waals surface area contributed by atoms with Crippen molar-refractivity contribution in [3.05, 3.63) is 35.9 Å². The molecule has 126 valence electrons. The van der Waals surface area contributed by atoms with E-state index in [4.69, 9.17) is 9.47 Å². The second-order valence-electron chi connectivity index (χ2n) is 7.19. The van der Waals surface area contributed by atoms with Crippen molar-refractivity contribution in [2.24, 2.45) is 11.8 Å². The second kappa shape index (κ2) is 8.24. The first-order chi connectivity index (χ1) is 11.0. The summed E-state index contributed by atoms with van der Waals surface area (Å²) in [6, 6.07) is 10.6. The lowest BCUT2D eigenvalue weighted by molar-refractivity contribution is 0.288. The fourth-order valence-electron chi connectivity index (χ4n) is 2.43. The first kappa shape index (κ1) is 17.7. The number of aryl methyl sites for hydroxylation is 1. The van der Waals surface area contributed by atoms with E-state index in [0.29, 0.717) is 11.8 Å². The lowest BCUT2D eigenvalue weighted by Crippen LogP contribution is -2.02. The molecular formula is C21H30O2. The molecule has 0 N–H and O–H groups in total. The first-order valence-electron chi connectivity index (χ1n) is 8.75. The van der Waals surface area contributed by atoms with Crippen molar-refractivity contribution in [1.82, 2.24) is 0 Å². The van der Waals surface area contributed by atoms with Crippen LogP contribution in [0.15, 0.2) is 30.3 Å². The summed E-state index contributed by atoms with van der Waals surface area (Å²) >= 11 is 0. The maximum atomic E-state index is 5.95. The first-order valence-corrected chi connectivity index (χ1v) is 8.75. The number of hydrogen-bond donors (Lipinski definition) is 0. The van der Waals surface area contributed by atoms with Gasteiger partial charge < -0.3 is 9.47 Å². The van der Waals surface area contributed by atoms with Crippen LogP contribution in [0.1, 0.15) is 46.1 Å². The zero-order valence-electron chi connectivity index (χ0n) is 15.2. The summed E-state index contributed by atoms with van der Waals surface area (Å²) in [6.07, 6.45) is 2.17. The van der Waals surface area contributed by atoms with Crippen molar-refractivity contribution in [1.29, 1.82) is 0 Å². The zero-order valence-corrected chi connectivity index (χ0v) is 15.2. The number of ether oxygens (including phenoxy) is 2. The van der Waals surface area contributed by atoms with Gasteiger partial charge in [-0.15, -0.1) is 0 Å². The Morgan fingerprint density at radius 3 is 2.09 bits per heavy atom. The van der Waals surface area contributed by atoms with E-state index in [1.165, 1.54) is 16.3 Å². The highest BCUT2D eigenvalue weighted by molar-refractivity contribution is 5.86. The maximum absolute atomic E-state index is 5.95. The van der Waals surface area contributed by atoms with Crippen LogP contribution in [0.4, 0.5) is 0 Å². The Kier molecular flexibility index (Phi) is 6.32. The number of rotatable bonds is 8. The molecule has 0 saturated heterocycles. The van der Waals surface area contributed by atoms with Crippen LogP contribution in [-0.2, 0) is 0 Å². The predicted molar refractivity (Wildman–Crippen MR) is 98.6 cm³/mol. The topological polar surface area (TPSA) is 18.5 Å². The van der Waals surface area contributed by atoms with E-state index < -0.39 is 0 Å². The van der Waals surface area contributed by atoms with Crippen LogP contribution in [0.2, 0.25) is 0 Å². The van der Waals surface area contributed by atoms with Gasteiger partial charge in [0, 0.05) is 0 Å². The molecule has 0 bridgehead atoms. The molecule has 2 aromatic carbocycles. The molecule has 0 spiro atoms. The van der Waals surface area contributed by atoms with Crippen molar-refractivity contribution in [2.75, 3.05) is 13.2 Å². The van der Waals surface area contributed by atoms with Crippen LogP contribution in [0, 0.1) is 18.8 Å². The predicted octanol–water partition coefficient (Wildman–Crippen LogP) is 6.00. The molecule has 0 unspecified atom stereocenters. The Bertz CT molecular complexity index is 629. The summed E-state index contributed by atoms with van der Waals surface area (Å²) in [7, 11) is 0. The van der Waals surface area contributed by atoms with Gasteiger partial charge in [-0.05, 0) is 72.2 Å². The number of benzene rings is 2. The van der Waals surface area contributed by atoms with E-state index in [-0.39, 0.29) is 0 Å². The highest BCUT2D eigenvalue weighted by Gasteiger charge is 2.05. The maximum Gasteiger partial charge on any atom is 0.122 e. The lowest BCUT2D eigenvalue weighted by Gasteiger charge is -2.13. The third kappa shape index (κ3) is 5.46. The lowest BCUT2D eigenvalue weighted by atomic mass is 10.1. The van der Waals surface area contributed by atoms with Crippen LogP contribution in [0.3, 0.4) is 0 Å². The number of fused-ring (bicyclic) bond motifs is 1. The van der Waals surface area contributed by atoms with Crippen LogP contribution in [0.25, 0.3) is 10.8 Å². The van der Waals surface area contributed by atoms with Crippen LogP contribution >= 0.6 is 0 Å². The standard InChI is InChI=1S/C21H30O2/c1-15(2)8-10-22-20-7-6-18-14-21(23-11-9-16(3)4)17(5)12-19(18)13-20/h6-7,12-16H,8-11H2,1-5H3. The third-order valence-corrected chi connectivity index (χ3v) is 4.02. The molecular weight excluding hydrogens is 284 g/mol. The van der Waals surface area contributed by atoms with Crippen LogP contribution < -0.4 is 9.47 Å². The van der Waals surface area contributed by atoms with Gasteiger partial charge >= 0.3 is 0 Å². The minimum Gasteiger partial charge on any atom is -0.494 e. The summed E-state index contributed by atoms with van der Waals surface area (Å²) in [6.45, 7) is 12.5. The van der Waals surface area contributed by atoms with Gasteiger partial charge in [-0.3, -0.25) is 0 Å². The minimum absolute atomic E-state index is 0.668. The average Bonchev–Trinajstić information content (AvgIpc) is 2.47. The van der Waals surface area contributed by atoms with Crippen LogP contribution in [0.5, 0.6) is 11.5 Å². The molecule has 0 heterocycles. The Labute approximate surface area is 140 Å². The largest absolute Gasteiger partial charge is 0.494 e. The van der Waals surface area contributed by atoms with Crippen molar-refractivity contribution >= 4 is 10.8 Å². The highest BCUT2D eigenvalue weighted by atomic mass is 16.5. The fraction of sp³-hybridized carbons (Fsp3) is 0.524. The van der Waals surface area contributed by atoms with Crippen molar-refractivity contribution in [2.45, 2.75) is 47.5 Å². The quantitative estimate of drug-likeness (QED) is 0.595. The SMILES string of the molecule is Cc1cc2cc(OCCC(C)C)ccc2cc1OCCC(C)C. The van der Waals surface area contributed by atoms with Crippen molar-refractivity contribution in [3.8, 4) is 11.5 Å². The molecule has 0 aliphatic heterocycles.